The van der Waals surface area contributed by atoms with Gasteiger partial charge in [0.2, 0.25) is 0 Å². The topological polar surface area (TPSA) is 59.1 Å². The molecule has 0 fully saturated rings. The molecule has 2 rings (SSSR count). The highest BCUT2D eigenvalue weighted by Crippen LogP contribution is 2.17. The standard InChI is InChI=1S/C14H12F2N2O/c15-11-5-12(16)7-13(6-11)19-8-9-2-1-3-10(4-9)14(17)18/h1-7H,8H2,(H3,17,18). The van der Waals surface area contributed by atoms with Gasteiger partial charge in [0.1, 0.15) is 29.8 Å². The van der Waals surface area contributed by atoms with Gasteiger partial charge >= 0.3 is 0 Å². The first-order valence-corrected chi connectivity index (χ1v) is 5.57. The van der Waals surface area contributed by atoms with Crippen LogP contribution in [0.4, 0.5) is 8.78 Å². The zero-order chi connectivity index (χ0) is 13.8. The fourth-order valence-electron chi connectivity index (χ4n) is 1.61. The highest BCUT2D eigenvalue weighted by molar-refractivity contribution is 5.95. The van der Waals surface area contributed by atoms with Crippen molar-refractivity contribution in [2.45, 2.75) is 6.61 Å². The van der Waals surface area contributed by atoms with Crippen LogP contribution in [0.3, 0.4) is 0 Å². The number of amidine groups is 1. The fourth-order valence-corrected chi connectivity index (χ4v) is 1.61. The van der Waals surface area contributed by atoms with Crippen molar-refractivity contribution in [3.8, 4) is 5.75 Å². The van der Waals surface area contributed by atoms with E-state index in [2.05, 4.69) is 0 Å². The second-order valence-corrected chi connectivity index (χ2v) is 4.01. The van der Waals surface area contributed by atoms with Crippen molar-refractivity contribution < 1.29 is 13.5 Å². The maximum Gasteiger partial charge on any atom is 0.129 e. The molecule has 98 valence electrons. The van der Waals surface area contributed by atoms with Crippen molar-refractivity contribution in [3.63, 3.8) is 0 Å². The van der Waals surface area contributed by atoms with E-state index in [9.17, 15) is 8.78 Å². The Morgan fingerprint density at radius 2 is 1.79 bits per heavy atom. The monoisotopic (exact) mass is 262 g/mol. The number of hydrogen-bond donors (Lipinski definition) is 2. The van der Waals surface area contributed by atoms with Gasteiger partial charge in [-0.25, -0.2) is 8.78 Å². The van der Waals surface area contributed by atoms with Gasteiger partial charge in [-0.2, -0.15) is 0 Å². The molecule has 0 saturated heterocycles. The Balaban J connectivity index is 2.10. The lowest BCUT2D eigenvalue weighted by molar-refractivity contribution is 0.302. The van der Waals surface area contributed by atoms with Gasteiger partial charge in [0, 0.05) is 23.8 Å². The Morgan fingerprint density at radius 1 is 1.11 bits per heavy atom. The first kappa shape index (κ1) is 13.0. The van der Waals surface area contributed by atoms with E-state index in [1.54, 1.807) is 24.3 Å². The first-order valence-electron chi connectivity index (χ1n) is 5.57. The third-order valence-corrected chi connectivity index (χ3v) is 2.48. The average Bonchev–Trinajstić information content (AvgIpc) is 2.35. The van der Waals surface area contributed by atoms with Gasteiger partial charge in [-0.1, -0.05) is 18.2 Å². The number of nitrogen functional groups attached to an aromatic ring is 1. The van der Waals surface area contributed by atoms with E-state index in [0.29, 0.717) is 5.56 Å². The van der Waals surface area contributed by atoms with Crippen molar-refractivity contribution >= 4 is 5.84 Å². The summed E-state index contributed by atoms with van der Waals surface area (Å²) in [5.74, 6) is -1.30. The number of ether oxygens (including phenoxy) is 1. The number of hydrogen-bond acceptors (Lipinski definition) is 2. The van der Waals surface area contributed by atoms with Crippen LogP contribution in [0.15, 0.2) is 42.5 Å². The maximum absolute atomic E-state index is 13.0. The smallest absolute Gasteiger partial charge is 0.129 e. The molecule has 0 unspecified atom stereocenters. The minimum atomic E-state index is -0.688. The van der Waals surface area contributed by atoms with Crippen molar-refractivity contribution in [1.29, 1.82) is 5.41 Å². The molecule has 3 nitrogen and oxygen atoms in total. The predicted octanol–water partition coefficient (Wildman–Crippen LogP) is 2.83. The molecule has 0 aliphatic rings. The molecule has 0 aromatic heterocycles. The van der Waals surface area contributed by atoms with Gasteiger partial charge in [0.15, 0.2) is 0 Å². The van der Waals surface area contributed by atoms with Gasteiger partial charge < -0.3 is 10.5 Å². The molecule has 0 heterocycles. The van der Waals surface area contributed by atoms with Crippen molar-refractivity contribution in [2.24, 2.45) is 5.73 Å². The van der Waals surface area contributed by atoms with E-state index in [4.69, 9.17) is 15.9 Å². The lowest BCUT2D eigenvalue weighted by atomic mass is 10.1. The Hall–Kier alpha value is -2.43. The Kier molecular flexibility index (Phi) is 3.75. The van der Waals surface area contributed by atoms with Crippen LogP contribution in [0.2, 0.25) is 0 Å². The van der Waals surface area contributed by atoms with Crippen molar-refractivity contribution in [3.05, 3.63) is 65.2 Å². The van der Waals surface area contributed by atoms with Gasteiger partial charge in [-0.15, -0.1) is 0 Å². The van der Waals surface area contributed by atoms with Crippen LogP contribution in [-0.2, 0) is 6.61 Å². The van der Waals surface area contributed by atoms with Gasteiger partial charge in [-0.05, 0) is 11.6 Å². The summed E-state index contributed by atoms with van der Waals surface area (Å²) in [6.45, 7) is 0.143. The van der Waals surface area contributed by atoms with Crippen LogP contribution in [0.5, 0.6) is 5.75 Å². The molecule has 0 bridgehead atoms. The molecule has 0 saturated carbocycles. The van der Waals surface area contributed by atoms with Crippen molar-refractivity contribution in [1.82, 2.24) is 0 Å². The van der Waals surface area contributed by atoms with Crippen LogP contribution in [0, 0.1) is 17.0 Å². The van der Waals surface area contributed by atoms with E-state index in [1.165, 1.54) is 0 Å². The molecule has 0 atom stereocenters. The molecule has 0 spiro atoms. The van der Waals surface area contributed by atoms with E-state index >= 15 is 0 Å². The molecule has 0 amide bonds. The van der Waals surface area contributed by atoms with Crippen LogP contribution in [0.1, 0.15) is 11.1 Å². The van der Waals surface area contributed by atoms with Gasteiger partial charge in [0.05, 0.1) is 0 Å². The number of rotatable bonds is 4. The molecule has 0 radical (unpaired) electrons. The summed E-state index contributed by atoms with van der Waals surface area (Å²) < 4.78 is 31.2. The SMILES string of the molecule is N=C(N)c1cccc(COc2cc(F)cc(F)c2)c1. The predicted molar refractivity (Wildman–Crippen MR) is 68.1 cm³/mol. The van der Waals surface area contributed by atoms with Crippen LogP contribution < -0.4 is 10.5 Å². The summed E-state index contributed by atoms with van der Waals surface area (Å²) >= 11 is 0. The molecule has 19 heavy (non-hydrogen) atoms. The summed E-state index contributed by atoms with van der Waals surface area (Å²) in [7, 11) is 0. The molecule has 2 aromatic carbocycles. The molecule has 0 aliphatic heterocycles. The minimum absolute atomic E-state index is 0.0429. The van der Waals surface area contributed by atoms with Crippen molar-refractivity contribution in [2.75, 3.05) is 0 Å². The summed E-state index contributed by atoms with van der Waals surface area (Å²) in [6, 6.07) is 9.91. The van der Waals surface area contributed by atoms with Gasteiger partial charge in [-0.3, -0.25) is 5.41 Å². The Morgan fingerprint density at radius 3 is 2.42 bits per heavy atom. The fraction of sp³-hybridized carbons (Fsp3) is 0.0714. The van der Waals surface area contributed by atoms with E-state index in [0.717, 1.165) is 23.8 Å². The number of halogens is 2. The second-order valence-electron chi connectivity index (χ2n) is 4.01. The first-order chi connectivity index (χ1) is 9.04. The highest BCUT2D eigenvalue weighted by atomic mass is 19.1. The van der Waals surface area contributed by atoms with E-state index in [-0.39, 0.29) is 18.2 Å². The Bertz CT molecular complexity index is 594. The molecular weight excluding hydrogens is 250 g/mol. The second kappa shape index (κ2) is 5.48. The third kappa shape index (κ3) is 3.51. The number of nitrogens with one attached hydrogen (secondary N) is 1. The van der Waals surface area contributed by atoms with Crippen LogP contribution in [0.25, 0.3) is 0 Å². The van der Waals surface area contributed by atoms with E-state index < -0.39 is 11.6 Å². The lowest BCUT2D eigenvalue weighted by Gasteiger charge is -2.08. The lowest BCUT2D eigenvalue weighted by Crippen LogP contribution is -2.11. The summed E-state index contributed by atoms with van der Waals surface area (Å²) in [4.78, 5) is 0. The molecule has 3 N–H and O–H groups in total. The zero-order valence-electron chi connectivity index (χ0n) is 9.99. The number of benzene rings is 2. The largest absolute Gasteiger partial charge is 0.489 e. The van der Waals surface area contributed by atoms with Crippen LogP contribution in [-0.4, -0.2) is 5.84 Å². The van der Waals surface area contributed by atoms with E-state index in [1.807, 2.05) is 0 Å². The van der Waals surface area contributed by atoms with Crippen LogP contribution >= 0.6 is 0 Å². The summed E-state index contributed by atoms with van der Waals surface area (Å²) in [5, 5.41) is 7.32. The average molecular weight is 262 g/mol. The summed E-state index contributed by atoms with van der Waals surface area (Å²) in [5.41, 5.74) is 6.71. The van der Waals surface area contributed by atoms with Gasteiger partial charge in [0.25, 0.3) is 0 Å². The summed E-state index contributed by atoms with van der Waals surface area (Å²) in [6.07, 6.45) is 0. The molecular formula is C14H12F2N2O. The maximum atomic E-state index is 13.0. The minimum Gasteiger partial charge on any atom is -0.489 e. The highest BCUT2D eigenvalue weighted by Gasteiger charge is 2.03. The Labute approximate surface area is 109 Å². The molecule has 2 aromatic rings. The molecule has 0 aliphatic carbocycles. The molecule has 5 heteroatoms. The zero-order valence-corrected chi connectivity index (χ0v) is 9.99. The quantitative estimate of drug-likeness (QED) is 0.657. The normalized spacial score (nSPS) is 10.2. The third-order valence-electron chi connectivity index (χ3n) is 2.48. The number of nitrogens with two attached hydrogens (primary N) is 1.